The van der Waals surface area contributed by atoms with E-state index in [0.29, 0.717) is 35.8 Å². The van der Waals surface area contributed by atoms with Crippen molar-refractivity contribution in [2.45, 2.75) is 26.3 Å². The van der Waals surface area contributed by atoms with E-state index >= 15 is 0 Å². The predicted molar refractivity (Wildman–Crippen MR) is 92.2 cm³/mol. The Morgan fingerprint density at radius 1 is 1.20 bits per heavy atom. The number of amides is 2. The second kappa shape index (κ2) is 9.08. The van der Waals surface area contributed by atoms with E-state index in [1.165, 1.54) is 7.11 Å². The monoisotopic (exact) mass is 348 g/mol. The fraction of sp³-hybridized carbons (Fsp3) is 0.444. The zero-order valence-corrected chi connectivity index (χ0v) is 14.8. The summed E-state index contributed by atoms with van der Waals surface area (Å²) in [5.41, 5.74) is 1.52. The maximum atomic E-state index is 12.5. The number of hydrogen-bond donors (Lipinski definition) is 2. The molecule has 25 heavy (non-hydrogen) atoms. The Kier molecular flexibility index (Phi) is 6.82. The Bertz CT molecular complexity index is 657. The largest absolute Gasteiger partial charge is 0.493 e. The quantitative estimate of drug-likeness (QED) is 0.556. The molecular formula is C18H24N2O5. The van der Waals surface area contributed by atoms with Crippen molar-refractivity contribution in [3.63, 3.8) is 0 Å². The highest BCUT2D eigenvalue weighted by Gasteiger charge is 2.33. The Hall–Kier alpha value is -2.54. The average molecular weight is 348 g/mol. The maximum absolute atomic E-state index is 12.5. The van der Waals surface area contributed by atoms with E-state index in [1.54, 1.807) is 6.92 Å². The van der Waals surface area contributed by atoms with Crippen LogP contribution in [0, 0.1) is 0 Å². The standard InChI is InChI=1S/C18H24N2O5/c1-4-9-24-14-8-6-5-7-13(14)16-15(12(2)19-18(22)20-16)17(21)25-11-10-23-3/h5-8,16H,4,9-11H2,1-3H3,(H2,19,20,22)/t16-/m0/s1. The van der Waals surface area contributed by atoms with Crippen molar-refractivity contribution < 1.29 is 23.8 Å². The zero-order chi connectivity index (χ0) is 18.2. The van der Waals surface area contributed by atoms with E-state index in [-0.39, 0.29) is 12.6 Å². The number of urea groups is 1. The van der Waals surface area contributed by atoms with Gasteiger partial charge >= 0.3 is 12.0 Å². The third-order valence-corrected chi connectivity index (χ3v) is 3.70. The van der Waals surface area contributed by atoms with Gasteiger partial charge in [-0.1, -0.05) is 25.1 Å². The molecule has 0 aromatic heterocycles. The number of rotatable bonds is 8. The minimum Gasteiger partial charge on any atom is -0.493 e. The van der Waals surface area contributed by atoms with Gasteiger partial charge in [0.25, 0.3) is 0 Å². The fourth-order valence-corrected chi connectivity index (χ4v) is 2.56. The minimum absolute atomic E-state index is 0.140. The minimum atomic E-state index is -0.642. The van der Waals surface area contributed by atoms with Gasteiger partial charge in [0.1, 0.15) is 12.4 Å². The lowest BCUT2D eigenvalue weighted by molar-refractivity contribution is -0.140. The number of carbonyl (C=O) groups excluding carboxylic acids is 2. The van der Waals surface area contributed by atoms with Crippen molar-refractivity contribution in [1.82, 2.24) is 10.6 Å². The van der Waals surface area contributed by atoms with Gasteiger partial charge in [0.2, 0.25) is 0 Å². The summed E-state index contributed by atoms with van der Waals surface area (Å²) in [5, 5.41) is 5.40. The van der Waals surface area contributed by atoms with Crippen LogP contribution in [0.15, 0.2) is 35.5 Å². The Morgan fingerprint density at radius 2 is 1.96 bits per heavy atom. The number of esters is 1. The summed E-state index contributed by atoms with van der Waals surface area (Å²) in [5.74, 6) is 0.129. The molecule has 0 fully saturated rings. The number of para-hydroxylation sites is 1. The molecule has 0 radical (unpaired) electrons. The van der Waals surface area contributed by atoms with Crippen LogP contribution < -0.4 is 15.4 Å². The van der Waals surface area contributed by atoms with Gasteiger partial charge in [-0.05, 0) is 19.4 Å². The third-order valence-electron chi connectivity index (χ3n) is 3.70. The molecule has 0 spiro atoms. The summed E-state index contributed by atoms with van der Waals surface area (Å²) in [7, 11) is 1.53. The van der Waals surface area contributed by atoms with Gasteiger partial charge in [0.15, 0.2) is 0 Å². The number of nitrogens with one attached hydrogen (secondary N) is 2. The molecule has 0 saturated heterocycles. The lowest BCUT2D eigenvalue weighted by Gasteiger charge is -2.29. The van der Waals surface area contributed by atoms with Gasteiger partial charge in [-0.15, -0.1) is 0 Å². The molecule has 7 heteroatoms. The van der Waals surface area contributed by atoms with E-state index in [0.717, 1.165) is 6.42 Å². The molecular weight excluding hydrogens is 324 g/mol. The highest BCUT2D eigenvalue weighted by atomic mass is 16.6. The van der Waals surface area contributed by atoms with Crippen molar-refractivity contribution in [3.8, 4) is 5.75 Å². The van der Waals surface area contributed by atoms with Crippen molar-refractivity contribution in [1.29, 1.82) is 0 Å². The molecule has 1 aromatic rings. The number of methoxy groups -OCH3 is 1. The maximum Gasteiger partial charge on any atom is 0.338 e. The van der Waals surface area contributed by atoms with Crippen LogP contribution in [0.3, 0.4) is 0 Å². The van der Waals surface area contributed by atoms with E-state index in [4.69, 9.17) is 14.2 Å². The third kappa shape index (κ3) is 4.73. The molecule has 7 nitrogen and oxygen atoms in total. The van der Waals surface area contributed by atoms with Crippen LogP contribution in [-0.2, 0) is 14.3 Å². The highest BCUT2D eigenvalue weighted by molar-refractivity contribution is 5.95. The first kappa shape index (κ1) is 18.8. The summed E-state index contributed by atoms with van der Waals surface area (Å²) in [6, 6.07) is 6.33. The Labute approximate surface area is 147 Å². The van der Waals surface area contributed by atoms with Gasteiger partial charge in [-0.2, -0.15) is 0 Å². The summed E-state index contributed by atoms with van der Waals surface area (Å²) in [6.07, 6.45) is 0.855. The number of carbonyl (C=O) groups is 2. The summed E-state index contributed by atoms with van der Waals surface area (Å²) in [4.78, 5) is 24.5. The van der Waals surface area contributed by atoms with Crippen LogP contribution in [0.5, 0.6) is 5.75 Å². The van der Waals surface area contributed by atoms with Gasteiger partial charge in [0.05, 0.1) is 24.8 Å². The zero-order valence-electron chi connectivity index (χ0n) is 14.8. The summed E-state index contributed by atoms with van der Waals surface area (Å²) in [6.45, 7) is 4.68. The Balaban J connectivity index is 2.34. The van der Waals surface area contributed by atoms with Gasteiger partial charge in [-0.3, -0.25) is 0 Å². The number of allylic oxidation sites excluding steroid dienone is 1. The normalized spacial score (nSPS) is 16.9. The molecule has 1 heterocycles. The van der Waals surface area contributed by atoms with E-state index in [1.807, 2.05) is 31.2 Å². The van der Waals surface area contributed by atoms with Crippen LogP contribution in [0.25, 0.3) is 0 Å². The first-order chi connectivity index (χ1) is 12.1. The van der Waals surface area contributed by atoms with E-state index < -0.39 is 12.0 Å². The van der Waals surface area contributed by atoms with E-state index in [9.17, 15) is 9.59 Å². The van der Waals surface area contributed by atoms with Gasteiger partial charge < -0.3 is 24.8 Å². The average Bonchev–Trinajstić information content (AvgIpc) is 2.59. The van der Waals surface area contributed by atoms with Crippen molar-refractivity contribution >= 4 is 12.0 Å². The molecule has 2 N–H and O–H groups in total. The first-order valence-electron chi connectivity index (χ1n) is 8.24. The number of ether oxygens (including phenoxy) is 3. The van der Waals surface area contributed by atoms with Crippen molar-refractivity contribution in [3.05, 3.63) is 41.1 Å². The molecule has 0 unspecified atom stereocenters. The van der Waals surface area contributed by atoms with Crippen LogP contribution in [-0.4, -0.2) is 38.9 Å². The van der Waals surface area contributed by atoms with E-state index in [2.05, 4.69) is 10.6 Å². The smallest absolute Gasteiger partial charge is 0.338 e. The lowest BCUT2D eigenvalue weighted by Crippen LogP contribution is -2.45. The first-order valence-corrected chi connectivity index (χ1v) is 8.24. The van der Waals surface area contributed by atoms with Crippen LogP contribution in [0.1, 0.15) is 31.9 Å². The fourth-order valence-electron chi connectivity index (χ4n) is 2.56. The van der Waals surface area contributed by atoms with Crippen molar-refractivity contribution in [2.24, 2.45) is 0 Å². The molecule has 1 atom stereocenters. The molecule has 1 aromatic carbocycles. The van der Waals surface area contributed by atoms with Gasteiger partial charge in [-0.25, -0.2) is 9.59 Å². The van der Waals surface area contributed by atoms with Gasteiger partial charge in [0, 0.05) is 18.4 Å². The van der Waals surface area contributed by atoms with Crippen LogP contribution in [0.4, 0.5) is 4.79 Å². The van der Waals surface area contributed by atoms with Crippen LogP contribution in [0.2, 0.25) is 0 Å². The number of hydrogen-bond acceptors (Lipinski definition) is 5. The second-order valence-corrected chi connectivity index (χ2v) is 5.59. The Morgan fingerprint density at radius 3 is 2.68 bits per heavy atom. The second-order valence-electron chi connectivity index (χ2n) is 5.59. The summed E-state index contributed by atoms with van der Waals surface area (Å²) < 4.78 is 15.9. The lowest BCUT2D eigenvalue weighted by atomic mass is 9.95. The van der Waals surface area contributed by atoms with Crippen LogP contribution >= 0.6 is 0 Å². The molecule has 1 aliphatic heterocycles. The highest BCUT2D eigenvalue weighted by Crippen LogP contribution is 2.33. The molecule has 0 bridgehead atoms. The molecule has 2 rings (SSSR count). The topological polar surface area (TPSA) is 85.9 Å². The predicted octanol–water partition coefficient (Wildman–Crippen LogP) is 2.29. The van der Waals surface area contributed by atoms with Crippen molar-refractivity contribution in [2.75, 3.05) is 26.9 Å². The molecule has 0 aliphatic carbocycles. The molecule has 1 aliphatic rings. The molecule has 2 amide bonds. The molecule has 0 saturated carbocycles. The summed E-state index contributed by atoms with van der Waals surface area (Å²) >= 11 is 0. The SMILES string of the molecule is CCCOc1ccccc1[C@@H]1NC(=O)NC(C)=C1C(=O)OCCOC. The molecule has 136 valence electrons. The number of benzene rings is 1.